The number of anilines is 2. The van der Waals surface area contributed by atoms with Crippen LogP contribution in [0.3, 0.4) is 0 Å². The number of carbonyl (C=O) groups excluding carboxylic acids is 1. The molecule has 0 bridgehead atoms. The number of methoxy groups -OCH3 is 1. The molecule has 30 heavy (non-hydrogen) atoms. The second kappa shape index (κ2) is 7.62. The fourth-order valence-electron chi connectivity index (χ4n) is 3.36. The van der Waals surface area contributed by atoms with E-state index < -0.39 is 16.9 Å². The Balaban J connectivity index is 1.79. The third-order valence-corrected chi connectivity index (χ3v) is 4.71. The molecule has 0 fully saturated rings. The Morgan fingerprint density at radius 3 is 2.83 bits per heavy atom. The maximum Gasteiger partial charge on any atom is 0.269 e. The van der Waals surface area contributed by atoms with Crippen molar-refractivity contribution in [2.24, 2.45) is 0 Å². The number of nitrogens with zero attached hydrogens (tertiary/aromatic N) is 5. The molecule has 0 radical (unpaired) electrons. The smallest absolute Gasteiger partial charge is 0.269 e. The summed E-state index contributed by atoms with van der Waals surface area (Å²) in [5.41, 5.74) is 1.75. The number of rotatable bonds is 5. The fraction of sp³-hybridized carbons (Fsp3) is 0.158. The van der Waals surface area contributed by atoms with Crippen molar-refractivity contribution in [3.63, 3.8) is 0 Å². The summed E-state index contributed by atoms with van der Waals surface area (Å²) in [7, 11) is 1.51. The van der Waals surface area contributed by atoms with Crippen LogP contribution in [-0.2, 0) is 4.79 Å². The van der Waals surface area contributed by atoms with Crippen LogP contribution in [-0.4, -0.2) is 38.1 Å². The van der Waals surface area contributed by atoms with E-state index in [0.717, 1.165) is 0 Å². The quantitative estimate of drug-likeness (QED) is 0.486. The van der Waals surface area contributed by atoms with Crippen molar-refractivity contribution >= 4 is 23.2 Å². The highest BCUT2D eigenvalue weighted by molar-refractivity contribution is 6.06. The predicted octanol–water partition coefficient (Wildman–Crippen LogP) is 2.52. The van der Waals surface area contributed by atoms with E-state index in [2.05, 4.69) is 26.2 Å². The average molecular weight is 407 g/mol. The summed E-state index contributed by atoms with van der Waals surface area (Å²) in [4.78, 5) is 24.1. The van der Waals surface area contributed by atoms with Gasteiger partial charge in [-0.25, -0.2) is 0 Å². The van der Waals surface area contributed by atoms with Gasteiger partial charge in [-0.1, -0.05) is 29.4 Å². The average Bonchev–Trinajstić information content (AvgIpc) is 3.21. The number of amides is 1. The Morgan fingerprint density at radius 1 is 1.27 bits per heavy atom. The molecule has 11 heteroatoms. The van der Waals surface area contributed by atoms with Crippen LogP contribution in [0.25, 0.3) is 0 Å². The molecule has 0 saturated heterocycles. The number of nitrogens with one attached hydrogen (secondary N) is 2. The van der Waals surface area contributed by atoms with E-state index in [1.54, 1.807) is 43.3 Å². The molecule has 1 unspecified atom stereocenters. The number of para-hydroxylation sites is 2. The van der Waals surface area contributed by atoms with E-state index in [-0.39, 0.29) is 5.69 Å². The molecule has 0 spiro atoms. The van der Waals surface area contributed by atoms with Crippen LogP contribution >= 0.6 is 0 Å². The highest BCUT2D eigenvalue weighted by Crippen LogP contribution is 2.36. The lowest BCUT2D eigenvalue weighted by Gasteiger charge is -2.28. The van der Waals surface area contributed by atoms with Gasteiger partial charge >= 0.3 is 0 Å². The third-order valence-electron chi connectivity index (χ3n) is 4.71. The molecule has 2 N–H and O–H groups in total. The Hall–Kier alpha value is -4.28. The van der Waals surface area contributed by atoms with Crippen LogP contribution in [0, 0.1) is 10.1 Å². The molecular weight excluding hydrogens is 390 g/mol. The SMILES string of the molecule is COc1ccccc1NC(=O)C1=C(C)Nc2nnnn2C1c1cccc([N+](=O)[O-])c1. The number of nitro benzene ring substituents is 1. The van der Waals surface area contributed by atoms with Crippen molar-refractivity contribution in [3.05, 3.63) is 75.5 Å². The summed E-state index contributed by atoms with van der Waals surface area (Å²) in [6.07, 6.45) is 0. The van der Waals surface area contributed by atoms with Gasteiger partial charge < -0.3 is 15.4 Å². The number of nitro groups is 1. The number of benzene rings is 2. The van der Waals surface area contributed by atoms with Crippen LogP contribution in [0.5, 0.6) is 5.75 Å². The topological polar surface area (TPSA) is 137 Å². The van der Waals surface area contributed by atoms with E-state index in [4.69, 9.17) is 4.74 Å². The first-order chi connectivity index (χ1) is 14.5. The zero-order valence-electron chi connectivity index (χ0n) is 16.1. The van der Waals surface area contributed by atoms with Gasteiger partial charge in [0.05, 0.1) is 23.3 Å². The largest absolute Gasteiger partial charge is 0.495 e. The predicted molar refractivity (Wildman–Crippen MR) is 107 cm³/mol. The summed E-state index contributed by atoms with van der Waals surface area (Å²) in [5, 5.41) is 28.7. The van der Waals surface area contributed by atoms with Crippen LogP contribution in [0.2, 0.25) is 0 Å². The van der Waals surface area contributed by atoms with Crippen molar-refractivity contribution in [3.8, 4) is 5.75 Å². The molecule has 2 heterocycles. The number of fused-ring (bicyclic) bond motifs is 1. The number of aromatic nitrogens is 4. The molecule has 4 rings (SSSR count). The Labute approximate surface area is 170 Å². The summed E-state index contributed by atoms with van der Waals surface area (Å²) in [6, 6.07) is 12.3. The maximum absolute atomic E-state index is 13.3. The summed E-state index contributed by atoms with van der Waals surface area (Å²) in [5.74, 6) is 0.419. The first-order valence-electron chi connectivity index (χ1n) is 8.94. The monoisotopic (exact) mass is 407 g/mol. The van der Waals surface area contributed by atoms with Crippen molar-refractivity contribution in [2.45, 2.75) is 13.0 Å². The first kappa shape index (κ1) is 19.1. The van der Waals surface area contributed by atoms with Gasteiger partial charge in [-0.15, -0.1) is 0 Å². The van der Waals surface area contributed by atoms with Gasteiger partial charge in [0.2, 0.25) is 5.95 Å². The molecule has 152 valence electrons. The number of carbonyl (C=O) groups is 1. The number of tetrazole rings is 1. The van der Waals surface area contributed by atoms with Crippen LogP contribution in [0.4, 0.5) is 17.3 Å². The number of ether oxygens (including phenoxy) is 1. The van der Waals surface area contributed by atoms with E-state index in [0.29, 0.717) is 34.2 Å². The van der Waals surface area contributed by atoms with Gasteiger partial charge in [0.1, 0.15) is 11.8 Å². The lowest BCUT2D eigenvalue weighted by Crippen LogP contribution is -2.31. The Morgan fingerprint density at radius 2 is 2.07 bits per heavy atom. The molecule has 3 aromatic rings. The standard InChI is InChI=1S/C19H17N7O4/c1-11-16(18(27)21-14-8-3-4-9-15(14)30-2)17(25-19(20-11)22-23-24-25)12-6-5-7-13(10-12)26(28)29/h3-10,17H,1-2H3,(H,21,27)(H,20,22,24). The van der Waals surface area contributed by atoms with Gasteiger partial charge in [-0.3, -0.25) is 14.9 Å². The Kier molecular flexibility index (Phi) is 4.84. The minimum atomic E-state index is -0.758. The summed E-state index contributed by atoms with van der Waals surface area (Å²) < 4.78 is 6.72. The van der Waals surface area contributed by atoms with Crippen LogP contribution < -0.4 is 15.4 Å². The normalized spacial score (nSPS) is 15.2. The second-order valence-corrected chi connectivity index (χ2v) is 6.52. The number of non-ortho nitro benzene ring substituents is 1. The highest BCUT2D eigenvalue weighted by Gasteiger charge is 2.35. The number of hydrogen-bond acceptors (Lipinski definition) is 8. The molecule has 11 nitrogen and oxygen atoms in total. The van der Waals surface area contributed by atoms with Crippen molar-refractivity contribution < 1.29 is 14.5 Å². The van der Waals surface area contributed by atoms with Crippen molar-refractivity contribution in [1.29, 1.82) is 0 Å². The molecule has 2 aromatic carbocycles. The van der Waals surface area contributed by atoms with Gasteiger partial charge in [0.15, 0.2) is 0 Å². The molecule has 0 saturated carbocycles. The van der Waals surface area contributed by atoms with Crippen LogP contribution in [0.1, 0.15) is 18.5 Å². The van der Waals surface area contributed by atoms with E-state index in [9.17, 15) is 14.9 Å². The van der Waals surface area contributed by atoms with Gasteiger partial charge in [0, 0.05) is 17.8 Å². The summed E-state index contributed by atoms with van der Waals surface area (Å²) >= 11 is 0. The van der Waals surface area contributed by atoms with E-state index >= 15 is 0 Å². The molecule has 1 atom stereocenters. The fourth-order valence-corrected chi connectivity index (χ4v) is 3.36. The zero-order chi connectivity index (χ0) is 21.3. The second-order valence-electron chi connectivity index (χ2n) is 6.52. The first-order valence-corrected chi connectivity index (χ1v) is 8.94. The number of allylic oxidation sites excluding steroid dienone is 1. The Bertz CT molecular complexity index is 1170. The molecule has 1 aliphatic rings. The van der Waals surface area contributed by atoms with Gasteiger partial charge in [-0.2, -0.15) is 4.68 Å². The third kappa shape index (κ3) is 3.32. The van der Waals surface area contributed by atoms with Gasteiger partial charge in [-0.05, 0) is 35.0 Å². The lowest BCUT2D eigenvalue weighted by atomic mass is 9.94. The highest BCUT2D eigenvalue weighted by atomic mass is 16.6. The van der Waals surface area contributed by atoms with Gasteiger partial charge in [0.25, 0.3) is 11.6 Å². The lowest BCUT2D eigenvalue weighted by molar-refractivity contribution is -0.384. The van der Waals surface area contributed by atoms with Crippen molar-refractivity contribution in [2.75, 3.05) is 17.7 Å². The van der Waals surface area contributed by atoms with Crippen LogP contribution in [0.15, 0.2) is 59.8 Å². The molecule has 1 amide bonds. The minimum absolute atomic E-state index is 0.0946. The molecule has 1 aromatic heterocycles. The van der Waals surface area contributed by atoms with E-state index in [1.807, 2.05) is 0 Å². The van der Waals surface area contributed by atoms with E-state index in [1.165, 1.54) is 23.9 Å². The molecular formula is C19H17N7O4. The van der Waals surface area contributed by atoms with Crippen molar-refractivity contribution in [1.82, 2.24) is 20.2 Å². The molecule has 1 aliphatic heterocycles. The maximum atomic E-state index is 13.3. The molecule has 0 aliphatic carbocycles. The number of hydrogen-bond donors (Lipinski definition) is 2. The summed E-state index contributed by atoms with van der Waals surface area (Å²) in [6.45, 7) is 1.72. The zero-order valence-corrected chi connectivity index (χ0v) is 16.1. The minimum Gasteiger partial charge on any atom is -0.495 e.